The Balaban J connectivity index is 2.06. The molecular formula is C18H18ClF3N2O2. The second-order valence-electron chi connectivity index (χ2n) is 6.49. The predicted molar refractivity (Wildman–Crippen MR) is 92.5 cm³/mol. The molecule has 1 aliphatic carbocycles. The molecule has 3 rings (SSSR count). The summed E-state index contributed by atoms with van der Waals surface area (Å²) < 4.78 is 45.4. The summed E-state index contributed by atoms with van der Waals surface area (Å²) in [5.41, 5.74) is -0.909. The fourth-order valence-electron chi connectivity index (χ4n) is 3.18. The van der Waals surface area contributed by atoms with Gasteiger partial charge in [-0.1, -0.05) is 11.6 Å². The molecule has 1 aliphatic rings. The third-order valence-corrected chi connectivity index (χ3v) is 4.82. The van der Waals surface area contributed by atoms with E-state index in [9.17, 15) is 18.0 Å². The van der Waals surface area contributed by atoms with Crippen LogP contribution in [0.2, 0.25) is 5.02 Å². The zero-order chi connectivity index (χ0) is 19.1. The zero-order valence-corrected chi connectivity index (χ0v) is 15.1. The Morgan fingerprint density at radius 3 is 2.50 bits per heavy atom. The Morgan fingerprint density at radius 1 is 1.23 bits per heavy atom. The molecule has 4 nitrogen and oxygen atoms in total. The second-order valence-corrected chi connectivity index (χ2v) is 6.89. The van der Waals surface area contributed by atoms with Crippen LogP contribution < -0.4 is 10.2 Å². The van der Waals surface area contributed by atoms with Crippen molar-refractivity contribution in [2.45, 2.75) is 44.9 Å². The number of alkyl halides is 3. The van der Waals surface area contributed by atoms with Gasteiger partial charge < -0.3 is 4.74 Å². The lowest BCUT2D eigenvalue weighted by Crippen LogP contribution is -2.22. The van der Waals surface area contributed by atoms with Crippen LogP contribution >= 0.6 is 11.6 Å². The van der Waals surface area contributed by atoms with Crippen LogP contribution in [0.25, 0.3) is 11.3 Å². The van der Waals surface area contributed by atoms with Crippen LogP contribution in [-0.2, 0) is 13.2 Å². The van der Waals surface area contributed by atoms with Gasteiger partial charge in [0.15, 0.2) is 0 Å². The fraction of sp³-hybridized carbons (Fsp3) is 0.444. The van der Waals surface area contributed by atoms with Crippen LogP contribution in [0.4, 0.5) is 13.2 Å². The number of aryl methyl sites for hydroxylation is 2. The molecule has 0 N–H and O–H groups in total. The Kier molecular flexibility index (Phi) is 5.01. The minimum atomic E-state index is -4.65. The van der Waals surface area contributed by atoms with E-state index in [0.717, 1.165) is 32.7 Å². The van der Waals surface area contributed by atoms with Crippen molar-refractivity contribution in [3.05, 3.63) is 44.7 Å². The monoisotopic (exact) mass is 386 g/mol. The van der Waals surface area contributed by atoms with Crippen molar-refractivity contribution >= 4 is 11.6 Å². The van der Waals surface area contributed by atoms with Gasteiger partial charge in [-0.15, -0.1) is 0 Å². The molecule has 1 saturated carbocycles. The zero-order valence-electron chi connectivity index (χ0n) is 14.4. The summed E-state index contributed by atoms with van der Waals surface area (Å²) in [5, 5.41) is 4.26. The molecule has 1 fully saturated rings. The molecule has 0 aliphatic heterocycles. The van der Waals surface area contributed by atoms with Crippen molar-refractivity contribution in [3.63, 3.8) is 0 Å². The first-order valence-electron chi connectivity index (χ1n) is 8.29. The quantitative estimate of drug-likeness (QED) is 0.764. The molecule has 26 heavy (non-hydrogen) atoms. The van der Waals surface area contributed by atoms with E-state index in [2.05, 4.69) is 5.10 Å². The normalized spacial score (nSPS) is 15.5. The summed E-state index contributed by atoms with van der Waals surface area (Å²) in [6.45, 7) is 1.72. The average Bonchev–Trinajstić information content (AvgIpc) is 3.04. The highest BCUT2D eigenvalue weighted by Crippen LogP contribution is 2.35. The average molecular weight is 387 g/mol. The van der Waals surface area contributed by atoms with Crippen LogP contribution in [-0.4, -0.2) is 15.9 Å². The summed E-state index contributed by atoms with van der Waals surface area (Å²) in [7, 11) is 1.16. The molecule has 2 aromatic rings. The maximum atomic E-state index is 12.9. The molecule has 0 radical (unpaired) electrons. The number of hydrogen-bond acceptors (Lipinski definition) is 3. The number of halogens is 4. The first-order chi connectivity index (χ1) is 12.2. The standard InChI is InChI=1S/C18H18ClF3N2O2/c1-10-7-13(19)15(26-11-5-3-4-6-11)8-12(10)17-14(25)9-16(18(20,21)22)24(2)23-17/h7-9,11H,3-6H2,1-2H3. The first kappa shape index (κ1) is 18.8. The number of nitrogens with zero attached hydrogens (tertiary/aromatic N) is 2. The van der Waals surface area contributed by atoms with E-state index in [1.165, 1.54) is 0 Å². The molecule has 0 atom stereocenters. The Morgan fingerprint density at radius 2 is 1.88 bits per heavy atom. The number of rotatable bonds is 3. The molecule has 140 valence electrons. The van der Waals surface area contributed by atoms with Gasteiger partial charge in [0.2, 0.25) is 5.43 Å². The number of hydrogen-bond donors (Lipinski definition) is 0. The van der Waals surface area contributed by atoms with E-state index in [1.807, 2.05) is 0 Å². The number of ether oxygens (including phenoxy) is 1. The smallest absolute Gasteiger partial charge is 0.433 e. The van der Waals surface area contributed by atoms with Gasteiger partial charge in [0.05, 0.1) is 11.1 Å². The summed E-state index contributed by atoms with van der Waals surface area (Å²) >= 11 is 6.25. The van der Waals surface area contributed by atoms with Crippen molar-refractivity contribution in [1.29, 1.82) is 0 Å². The number of aromatic nitrogens is 2. The van der Waals surface area contributed by atoms with Gasteiger partial charge in [0, 0.05) is 18.7 Å². The van der Waals surface area contributed by atoms with Crippen LogP contribution in [0, 0.1) is 6.92 Å². The molecule has 0 spiro atoms. The van der Waals surface area contributed by atoms with Crippen LogP contribution in [0.5, 0.6) is 5.75 Å². The van der Waals surface area contributed by atoms with Crippen molar-refractivity contribution < 1.29 is 17.9 Å². The van der Waals surface area contributed by atoms with Gasteiger partial charge >= 0.3 is 6.18 Å². The van der Waals surface area contributed by atoms with Gasteiger partial charge in [-0.05, 0) is 50.3 Å². The summed E-state index contributed by atoms with van der Waals surface area (Å²) in [5.74, 6) is 0.419. The third kappa shape index (κ3) is 3.72. The lowest BCUT2D eigenvalue weighted by molar-refractivity contribution is -0.144. The van der Waals surface area contributed by atoms with Crippen LogP contribution in [0.15, 0.2) is 23.0 Å². The number of benzene rings is 1. The summed E-state index contributed by atoms with van der Waals surface area (Å²) in [6, 6.07) is 3.79. The SMILES string of the molecule is Cc1cc(Cl)c(OC2CCCC2)cc1-c1nn(C)c(C(F)(F)F)cc1=O. The maximum Gasteiger partial charge on any atom is 0.433 e. The minimum Gasteiger partial charge on any atom is -0.489 e. The molecule has 8 heteroatoms. The Bertz CT molecular complexity index is 887. The molecule has 0 saturated heterocycles. The molecule has 1 aromatic heterocycles. The van der Waals surface area contributed by atoms with E-state index < -0.39 is 17.3 Å². The highest BCUT2D eigenvalue weighted by atomic mass is 35.5. The van der Waals surface area contributed by atoms with E-state index in [0.29, 0.717) is 32.6 Å². The van der Waals surface area contributed by atoms with Crippen molar-refractivity contribution in [3.8, 4) is 17.0 Å². The van der Waals surface area contributed by atoms with Gasteiger partial charge in [0.25, 0.3) is 0 Å². The lowest BCUT2D eigenvalue weighted by Gasteiger charge is -2.17. The third-order valence-electron chi connectivity index (χ3n) is 4.52. The van der Waals surface area contributed by atoms with E-state index >= 15 is 0 Å². The predicted octanol–water partition coefficient (Wildman–Crippen LogP) is 4.75. The van der Waals surface area contributed by atoms with Crippen LogP contribution in [0.1, 0.15) is 36.9 Å². The second kappa shape index (κ2) is 6.95. The molecule has 0 amide bonds. The van der Waals surface area contributed by atoms with Gasteiger partial charge in [-0.3, -0.25) is 9.48 Å². The van der Waals surface area contributed by atoms with Gasteiger partial charge in [-0.25, -0.2) is 0 Å². The van der Waals surface area contributed by atoms with Crippen LogP contribution in [0.3, 0.4) is 0 Å². The van der Waals surface area contributed by atoms with Gasteiger partial charge in [-0.2, -0.15) is 18.3 Å². The van der Waals surface area contributed by atoms with E-state index in [4.69, 9.17) is 16.3 Å². The van der Waals surface area contributed by atoms with E-state index in [-0.39, 0.29) is 11.8 Å². The van der Waals surface area contributed by atoms with Crippen molar-refractivity contribution in [2.24, 2.45) is 7.05 Å². The Labute approximate surface area is 153 Å². The first-order valence-corrected chi connectivity index (χ1v) is 8.67. The summed E-state index contributed by atoms with van der Waals surface area (Å²) in [6.07, 6.45) is -0.555. The molecule has 1 aromatic carbocycles. The maximum absolute atomic E-state index is 12.9. The Hall–Kier alpha value is -2.02. The summed E-state index contributed by atoms with van der Waals surface area (Å²) in [4.78, 5) is 12.3. The fourth-order valence-corrected chi connectivity index (χ4v) is 3.44. The van der Waals surface area contributed by atoms with Gasteiger partial charge in [0.1, 0.15) is 17.1 Å². The molecule has 0 bridgehead atoms. The highest BCUT2D eigenvalue weighted by molar-refractivity contribution is 6.32. The van der Waals surface area contributed by atoms with Crippen molar-refractivity contribution in [2.75, 3.05) is 0 Å². The van der Waals surface area contributed by atoms with E-state index in [1.54, 1.807) is 19.1 Å². The highest BCUT2D eigenvalue weighted by Gasteiger charge is 2.34. The molecule has 0 unspecified atom stereocenters. The van der Waals surface area contributed by atoms with Crippen molar-refractivity contribution in [1.82, 2.24) is 9.78 Å². The largest absolute Gasteiger partial charge is 0.489 e. The topological polar surface area (TPSA) is 44.1 Å². The molecule has 1 heterocycles. The minimum absolute atomic E-state index is 0.0615. The lowest BCUT2D eigenvalue weighted by atomic mass is 10.0. The molecular weight excluding hydrogens is 369 g/mol.